The Hall–Kier alpha value is -2.30. The summed E-state index contributed by atoms with van der Waals surface area (Å²) in [4.78, 5) is 11.3. The number of aliphatic imine (C=N–C) groups is 1. The molecule has 0 aliphatic carbocycles. The summed E-state index contributed by atoms with van der Waals surface area (Å²) in [5.41, 5.74) is 7.11. The van der Waals surface area contributed by atoms with Gasteiger partial charge in [0.1, 0.15) is 5.82 Å². The topological polar surface area (TPSA) is 66.5 Å². The molecule has 1 fully saturated rings. The Morgan fingerprint density at radius 3 is 2.70 bits per heavy atom. The van der Waals surface area contributed by atoms with E-state index in [0.29, 0.717) is 12.5 Å². The van der Waals surface area contributed by atoms with Crippen molar-refractivity contribution in [3.05, 3.63) is 36.4 Å². The zero-order valence-corrected chi connectivity index (χ0v) is 13.5. The van der Waals surface area contributed by atoms with E-state index >= 15 is 0 Å². The summed E-state index contributed by atoms with van der Waals surface area (Å²) in [5.74, 6) is 1.56. The van der Waals surface area contributed by atoms with Crippen molar-refractivity contribution < 1.29 is 0 Å². The summed E-state index contributed by atoms with van der Waals surface area (Å²) in [6.45, 7) is 3.47. The number of nitrogens with one attached hydrogen (secondary N) is 1. The molecule has 23 heavy (non-hydrogen) atoms. The monoisotopic (exact) mass is 311 g/mol. The molecule has 0 amide bonds. The number of hydrogen-bond acceptors (Lipinski definition) is 3. The van der Waals surface area contributed by atoms with Crippen LogP contribution in [0, 0.1) is 0 Å². The molecule has 122 valence electrons. The molecule has 2 heterocycles. The quantitative estimate of drug-likeness (QED) is 0.518. The third kappa shape index (κ3) is 4.34. The molecule has 1 aliphatic rings. The minimum atomic E-state index is 0.664. The van der Waals surface area contributed by atoms with E-state index in [0.717, 1.165) is 36.4 Å². The van der Waals surface area contributed by atoms with E-state index in [1.54, 1.807) is 0 Å². The van der Waals surface area contributed by atoms with Crippen LogP contribution in [0.1, 0.15) is 25.7 Å². The second-order valence-corrected chi connectivity index (χ2v) is 5.96. The van der Waals surface area contributed by atoms with Crippen LogP contribution in [-0.2, 0) is 0 Å². The van der Waals surface area contributed by atoms with Crippen molar-refractivity contribution >= 4 is 22.7 Å². The number of hydrogen-bond donors (Lipinski definition) is 2. The van der Waals surface area contributed by atoms with Gasteiger partial charge in [0.2, 0.25) is 0 Å². The van der Waals surface area contributed by atoms with Crippen LogP contribution in [-0.4, -0.2) is 42.0 Å². The minimum absolute atomic E-state index is 0.664. The lowest BCUT2D eigenvalue weighted by atomic mass is 10.2. The Balaban J connectivity index is 1.50. The molecular weight excluding hydrogens is 286 g/mol. The zero-order valence-electron chi connectivity index (χ0n) is 13.5. The number of rotatable bonds is 4. The van der Waals surface area contributed by atoms with Gasteiger partial charge in [0.05, 0.1) is 12.1 Å². The van der Waals surface area contributed by atoms with Crippen LogP contribution < -0.4 is 11.1 Å². The van der Waals surface area contributed by atoms with E-state index in [1.165, 1.54) is 25.7 Å². The Kier molecular flexibility index (Phi) is 5.29. The van der Waals surface area contributed by atoms with Gasteiger partial charge in [-0.2, -0.15) is 0 Å². The summed E-state index contributed by atoms with van der Waals surface area (Å²) in [5, 5.41) is 4.47. The first-order valence-electron chi connectivity index (χ1n) is 8.47. The van der Waals surface area contributed by atoms with Gasteiger partial charge in [-0.05, 0) is 31.0 Å². The van der Waals surface area contributed by atoms with Gasteiger partial charge in [0, 0.05) is 25.0 Å². The van der Waals surface area contributed by atoms with Crippen LogP contribution in [0.3, 0.4) is 0 Å². The molecule has 0 atom stereocenters. The van der Waals surface area contributed by atoms with Crippen molar-refractivity contribution in [1.29, 1.82) is 0 Å². The maximum Gasteiger partial charge on any atom is 0.191 e. The van der Waals surface area contributed by atoms with Gasteiger partial charge in [0.15, 0.2) is 5.96 Å². The highest BCUT2D eigenvalue weighted by molar-refractivity contribution is 5.80. The van der Waals surface area contributed by atoms with E-state index in [-0.39, 0.29) is 0 Å². The van der Waals surface area contributed by atoms with Crippen LogP contribution >= 0.6 is 0 Å². The highest BCUT2D eigenvalue weighted by Gasteiger charge is 2.10. The summed E-state index contributed by atoms with van der Waals surface area (Å²) >= 11 is 0. The van der Waals surface area contributed by atoms with E-state index in [2.05, 4.69) is 32.3 Å². The van der Waals surface area contributed by atoms with Crippen molar-refractivity contribution in [1.82, 2.24) is 9.88 Å². The number of guanidine groups is 1. The van der Waals surface area contributed by atoms with Crippen LogP contribution in [0.5, 0.6) is 0 Å². The molecule has 3 N–H and O–H groups in total. The first kappa shape index (κ1) is 15.6. The molecule has 0 saturated carbocycles. The second-order valence-electron chi connectivity index (χ2n) is 5.96. The predicted octanol–water partition coefficient (Wildman–Crippen LogP) is 2.84. The van der Waals surface area contributed by atoms with Gasteiger partial charge in [-0.1, -0.05) is 31.0 Å². The number of anilines is 1. The highest BCUT2D eigenvalue weighted by Crippen LogP contribution is 2.14. The minimum Gasteiger partial charge on any atom is -0.370 e. The first-order chi connectivity index (χ1) is 11.3. The molecule has 5 heteroatoms. The highest BCUT2D eigenvalue weighted by atomic mass is 15.2. The lowest BCUT2D eigenvalue weighted by molar-refractivity contribution is 0.429. The summed E-state index contributed by atoms with van der Waals surface area (Å²) < 4.78 is 0. The standard InChI is InChI=1S/C18H25N5/c19-18(23-13-5-1-2-6-14-23)21-12-11-20-17-10-9-15-7-3-4-8-16(15)22-17/h3-4,7-10H,1-2,5-6,11-14H2,(H2,19,21)(H,20,22). The lowest BCUT2D eigenvalue weighted by Gasteiger charge is -2.21. The number of nitrogens with two attached hydrogens (primary N) is 1. The Morgan fingerprint density at radius 2 is 1.87 bits per heavy atom. The molecule has 0 radical (unpaired) electrons. The van der Waals surface area contributed by atoms with Crippen LogP contribution in [0.25, 0.3) is 10.9 Å². The fourth-order valence-corrected chi connectivity index (χ4v) is 2.92. The Morgan fingerprint density at radius 1 is 1.09 bits per heavy atom. The largest absolute Gasteiger partial charge is 0.370 e. The normalized spacial score (nSPS) is 16.3. The van der Waals surface area contributed by atoms with E-state index in [4.69, 9.17) is 5.73 Å². The predicted molar refractivity (Wildman–Crippen MR) is 96.8 cm³/mol. The fourth-order valence-electron chi connectivity index (χ4n) is 2.92. The molecular formula is C18H25N5. The van der Waals surface area contributed by atoms with Crippen molar-refractivity contribution in [2.45, 2.75) is 25.7 Å². The van der Waals surface area contributed by atoms with Gasteiger partial charge >= 0.3 is 0 Å². The SMILES string of the molecule is NC(=NCCNc1ccc2ccccc2n1)N1CCCCCC1. The van der Waals surface area contributed by atoms with Gasteiger partial charge in [-0.25, -0.2) is 4.98 Å². The molecule has 1 aliphatic heterocycles. The van der Waals surface area contributed by atoms with E-state index in [9.17, 15) is 0 Å². The number of aromatic nitrogens is 1. The molecule has 1 saturated heterocycles. The average molecular weight is 311 g/mol. The van der Waals surface area contributed by atoms with Crippen molar-refractivity contribution in [2.24, 2.45) is 10.7 Å². The summed E-state index contributed by atoms with van der Waals surface area (Å²) in [6.07, 6.45) is 5.04. The Bertz CT molecular complexity index is 659. The number of para-hydroxylation sites is 1. The van der Waals surface area contributed by atoms with Crippen molar-refractivity contribution in [3.63, 3.8) is 0 Å². The third-order valence-corrected chi connectivity index (χ3v) is 4.22. The van der Waals surface area contributed by atoms with Gasteiger partial charge in [-0.3, -0.25) is 4.99 Å². The molecule has 5 nitrogen and oxygen atoms in total. The van der Waals surface area contributed by atoms with Gasteiger partial charge in [0.25, 0.3) is 0 Å². The summed E-state index contributed by atoms with van der Waals surface area (Å²) in [6, 6.07) is 12.2. The molecule has 1 aromatic carbocycles. The first-order valence-corrected chi connectivity index (χ1v) is 8.47. The van der Waals surface area contributed by atoms with Crippen molar-refractivity contribution in [2.75, 3.05) is 31.5 Å². The Labute approximate surface area is 137 Å². The second kappa shape index (κ2) is 7.81. The maximum atomic E-state index is 6.10. The smallest absolute Gasteiger partial charge is 0.191 e. The zero-order chi connectivity index (χ0) is 15.9. The van der Waals surface area contributed by atoms with Gasteiger partial charge in [-0.15, -0.1) is 0 Å². The molecule has 0 unspecified atom stereocenters. The van der Waals surface area contributed by atoms with Crippen LogP contribution in [0.4, 0.5) is 5.82 Å². The molecule has 3 rings (SSSR count). The third-order valence-electron chi connectivity index (χ3n) is 4.22. The van der Waals surface area contributed by atoms with E-state index in [1.807, 2.05) is 24.3 Å². The number of likely N-dealkylation sites (tertiary alicyclic amines) is 1. The molecule has 1 aromatic heterocycles. The number of fused-ring (bicyclic) bond motifs is 1. The average Bonchev–Trinajstić information content (AvgIpc) is 2.88. The summed E-state index contributed by atoms with van der Waals surface area (Å²) in [7, 11) is 0. The van der Waals surface area contributed by atoms with Crippen molar-refractivity contribution in [3.8, 4) is 0 Å². The number of nitrogens with zero attached hydrogens (tertiary/aromatic N) is 3. The van der Waals surface area contributed by atoms with E-state index < -0.39 is 0 Å². The van der Waals surface area contributed by atoms with Gasteiger partial charge < -0.3 is 16.0 Å². The number of benzene rings is 1. The lowest BCUT2D eigenvalue weighted by Crippen LogP contribution is -2.38. The van der Waals surface area contributed by atoms with Crippen LogP contribution in [0.2, 0.25) is 0 Å². The maximum absolute atomic E-state index is 6.10. The molecule has 2 aromatic rings. The number of pyridine rings is 1. The molecule has 0 spiro atoms. The fraction of sp³-hybridized carbons (Fsp3) is 0.444. The van der Waals surface area contributed by atoms with Crippen LogP contribution in [0.15, 0.2) is 41.4 Å². The molecule has 0 bridgehead atoms.